The fraction of sp³-hybridized carbons (Fsp3) is 0.333. The van der Waals surface area contributed by atoms with Crippen molar-refractivity contribution in [2.45, 2.75) is 6.42 Å². The Labute approximate surface area is 77.8 Å². The van der Waals surface area contributed by atoms with E-state index >= 15 is 0 Å². The van der Waals surface area contributed by atoms with Crippen molar-refractivity contribution >= 4 is 23.4 Å². The molecule has 1 aromatic rings. The minimum Gasteiger partial charge on any atom is -0.346 e. The lowest BCUT2D eigenvalue weighted by Gasteiger charge is -2.13. The van der Waals surface area contributed by atoms with Gasteiger partial charge >= 0.3 is 0 Å². The summed E-state index contributed by atoms with van der Waals surface area (Å²) in [6, 6.07) is 10.3. The molecule has 0 aliphatic carbocycles. The second-order valence-electron chi connectivity index (χ2n) is 2.92. The van der Waals surface area contributed by atoms with Crippen LogP contribution >= 0.6 is 6.26 Å². The Morgan fingerprint density at radius 3 is 2.58 bits per heavy atom. The largest absolute Gasteiger partial charge is 0.346 e. The summed E-state index contributed by atoms with van der Waals surface area (Å²) in [5.74, 6) is 0. The van der Waals surface area contributed by atoms with Crippen LogP contribution in [0.2, 0.25) is 0 Å². The van der Waals surface area contributed by atoms with E-state index in [9.17, 15) is 0 Å². The summed E-state index contributed by atoms with van der Waals surface area (Å²) in [5, 5.41) is 1.23. The third-order valence-corrected chi connectivity index (χ3v) is 6.13. The highest BCUT2D eigenvalue weighted by molar-refractivity contribution is 8.16. The van der Waals surface area contributed by atoms with E-state index < -0.39 is 6.26 Å². The van der Waals surface area contributed by atoms with Gasteiger partial charge in [0.1, 0.15) is 0 Å². The predicted octanol–water partition coefficient (Wildman–Crippen LogP) is 2.13. The highest BCUT2D eigenvalue weighted by atomic mass is 32.4. The molecule has 1 aliphatic rings. The molecule has 0 amide bonds. The van der Waals surface area contributed by atoms with Crippen LogP contribution in [0.4, 0.5) is 0 Å². The van der Waals surface area contributed by atoms with Crippen LogP contribution in [0.5, 0.6) is 0 Å². The molecule has 1 aliphatic heterocycles. The summed E-state index contributed by atoms with van der Waals surface area (Å²) >= 11 is 5.52. The molecule has 0 spiro atoms. The van der Waals surface area contributed by atoms with Crippen LogP contribution in [0.1, 0.15) is 6.42 Å². The van der Waals surface area contributed by atoms with E-state index in [1.807, 2.05) is 18.2 Å². The predicted molar refractivity (Wildman–Crippen MR) is 55.8 cm³/mol. The SMILES string of the molecule is S=P1(c2ccccc2)CCCO1. The van der Waals surface area contributed by atoms with Crippen LogP contribution in [-0.2, 0) is 16.3 Å². The zero-order chi connectivity index (χ0) is 8.44. The average molecular weight is 198 g/mol. The first-order chi connectivity index (χ1) is 5.81. The molecule has 0 saturated carbocycles. The van der Waals surface area contributed by atoms with Gasteiger partial charge < -0.3 is 4.52 Å². The maximum absolute atomic E-state index is 5.65. The molecule has 12 heavy (non-hydrogen) atoms. The van der Waals surface area contributed by atoms with Gasteiger partial charge in [-0.15, -0.1) is 0 Å². The van der Waals surface area contributed by atoms with E-state index in [-0.39, 0.29) is 0 Å². The van der Waals surface area contributed by atoms with Crippen molar-refractivity contribution in [2.24, 2.45) is 0 Å². The van der Waals surface area contributed by atoms with Gasteiger partial charge in [0.25, 0.3) is 0 Å². The Hall–Kier alpha value is -0.170. The first-order valence-electron chi connectivity index (χ1n) is 4.10. The quantitative estimate of drug-likeness (QED) is 0.639. The van der Waals surface area contributed by atoms with Crippen LogP contribution in [-0.4, -0.2) is 12.8 Å². The second kappa shape index (κ2) is 3.29. The maximum atomic E-state index is 5.65. The molecular weight excluding hydrogens is 187 g/mol. The van der Waals surface area contributed by atoms with Gasteiger partial charge in [0, 0.05) is 11.5 Å². The van der Waals surface area contributed by atoms with Gasteiger partial charge in [0.15, 0.2) is 0 Å². The Kier molecular flexibility index (Phi) is 2.31. The summed E-state index contributed by atoms with van der Waals surface area (Å²) in [4.78, 5) is 0. The van der Waals surface area contributed by atoms with Crippen LogP contribution in [0.25, 0.3) is 0 Å². The van der Waals surface area contributed by atoms with E-state index in [1.54, 1.807) is 0 Å². The lowest BCUT2D eigenvalue weighted by Crippen LogP contribution is -2.03. The van der Waals surface area contributed by atoms with E-state index in [0.717, 1.165) is 19.2 Å². The molecule has 0 bridgehead atoms. The van der Waals surface area contributed by atoms with Crippen LogP contribution in [0.15, 0.2) is 30.3 Å². The van der Waals surface area contributed by atoms with Crippen molar-refractivity contribution in [2.75, 3.05) is 12.8 Å². The van der Waals surface area contributed by atoms with Gasteiger partial charge in [-0.25, -0.2) is 0 Å². The average Bonchev–Trinajstić information content (AvgIpc) is 2.55. The third-order valence-electron chi connectivity index (χ3n) is 2.05. The standard InChI is InChI=1S/C9H11OPS/c12-11(8-4-7-10-11)9-5-2-1-3-6-9/h1-3,5-6H,4,7-8H2. The molecule has 3 heteroatoms. The number of benzene rings is 1. The molecule has 0 aromatic heterocycles. The summed E-state index contributed by atoms with van der Waals surface area (Å²) < 4.78 is 5.65. The van der Waals surface area contributed by atoms with Crippen molar-refractivity contribution in [3.63, 3.8) is 0 Å². The molecule has 64 valence electrons. The van der Waals surface area contributed by atoms with Gasteiger partial charge in [0.2, 0.25) is 0 Å². The van der Waals surface area contributed by atoms with Gasteiger partial charge in [-0.3, -0.25) is 0 Å². The number of hydrogen-bond donors (Lipinski definition) is 0. The Morgan fingerprint density at radius 2 is 2.00 bits per heavy atom. The highest BCUT2D eigenvalue weighted by Gasteiger charge is 2.24. The van der Waals surface area contributed by atoms with Gasteiger partial charge in [-0.1, -0.05) is 42.1 Å². The molecule has 1 atom stereocenters. The summed E-state index contributed by atoms with van der Waals surface area (Å²) in [6.45, 7) is 0.853. The van der Waals surface area contributed by atoms with Crippen molar-refractivity contribution in [1.82, 2.24) is 0 Å². The maximum Gasteiger partial charge on any atom is 0.0948 e. The second-order valence-corrected chi connectivity index (χ2v) is 7.26. The molecule has 1 aromatic carbocycles. The molecule has 1 heterocycles. The summed E-state index contributed by atoms with van der Waals surface area (Å²) in [5.41, 5.74) is 0. The molecule has 2 rings (SSSR count). The topological polar surface area (TPSA) is 9.23 Å². The zero-order valence-corrected chi connectivity index (χ0v) is 8.48. The molecule has 1 unspecified atom stereocenters. The van der Waals surface area contributed by atoms with Crippen molar-refractivity contribution in [1.29, 1.82) is 0 Å². The molecule has 0 radical (unpaired) electrons. The van der Waals surface area contributed by atoms with E-state index in [2.05, 4.69) is 12.1 Å². The lowest BCUT2D eigenvalue weighted by atomic mass is 10.4. The van der Waals surface area contributed by atoms with E-state index in [0.29, 0.717) is 0 Å². The third kappa shape index (κ3) is 1.47. The molecule has 1 saturated heterocycles. The molecule has 1 fully saturated rings. The zero-order valence-electron chi connectivity index (χ0n) is 6.77. The Bertz CT molecular complexity index is 300. The van der Waals surface area contributed by atoms with Crippen LogP contribution in [0, 0.1) is 0 Å². The van der Waals surface area contributed by atoms with Gasteiger partial charge in [-0.05, 0) is 6.42 Å². The smallest absolute Gasteiger partial charge is 0.0948 e. The van der Waals surface area contributed by atoms with Crippen LogP contribution < -0.4 is 5.30 Å². The monoisotopic (exact) mass is 198 g/mol. The van der Waals surface area contributed by atoms with Gasteiger partial charge in [0.05, 0.1) is 12.9 Å². The fourth-order valence-corrected chi connectivity index (χ4v) is 4.52. The first-order valence-corrected chi connectivity index (χ1v) is 7.01. The number of rotatable bonds is 1. The minimum absolute atomic E-state index is 0.853. The molecule has 1 nitrogen and oxygen atoms in total. The van der Waals surface area contributed by atoms with Gasteiger partial charge in [-0.2, -0.15) is 0 Å². The highest BCUT2D eigenvalue weighted by Crippen LogP contribution is 2.50. The van der Waals surface area contributed by atoms with Crippen molar-refractivity contribution in [3.8, 4) is 0 Å². The van der Waals surface area contributed by atoms with Crippen molar-refractivity contribution in [3.05, 3.63) is 30.3 Å². The summed E-state index contributed by atoms with van der Waals surface area (Å²) in [7, 11) is 0. The van der Waals surface area contributed by atoms with E-state index in [1.165, 1.54) is 5.30 Å². The summed E-state index contributed by atoms with van der Waals surface area (Å²) in [6.07, 6.45) is 0.618. The van der Waals surface area contributed by atoms with Crippen LogP contribution in [0.3, 0.4) is 0 Å². The van der Waals surface area contributed by atoms with E-state index in [4.69, 9.17) is 16.3 Å². The molecular formula is C9H11OPS. The van der Waals surface area contributed by atoms with Crippen molar-refractivity contribution < 1.29 is 4.52 Å². The Balaban J connectivity index is 2.36. The Morgan fingerprint density at radius 1 is 1.25 bits per heavy atom. The number of hydrogen-bond acceptors (Lipinski definition) is 2. The minimum atomic E-state index is -1.59. The molecule has 0 N–H and O–H groups in total. The normalized spacial score (nSPS) is 29.0. The lowest BCUT2D eigenvalue weighted by molar-refractivity contribution is 0.389. The first kappa shape index (κ1) is 8.43. The fourth-order valence-electron chi connectivity index (χ4n) is 1.41.